The van der Waals surface area contributed by atoms with Crippen LogP contribution >= 0.6 is 11.6 Å². The fraction of sp³-hybridized carbons (Fsp3) is 0.333. The molecule has 1 aliphatic heterocycles. The van der Waals surface area contributed by atoms with Crippen LogP contribution in [0.3, 0.4) is 0 Å². The Balaban J connectivity index is 1.63. The molecule has 0 amide bonds. The van der Waals surface area contributed by atoms with E-state index in [9.17, 15) is 9.59 Å². The molecular formula is C21H21ClO5. The third-order valence-electron chi connectivity index (χ3n) is 4.21. The molecule has 0 unspecified atom stereocenters. The van der Waals surface area contributed by atoms with E-state index in [1.54, 1.807) is 36.4 Å². The predicted molar refractivity (Wildman–Crippen MR) is 101 cm³/mol. The smallest absolute Gasteiger partial charge is 0.338 e. The highest BCUT2D eigenvalue weighted by molar-refractivity contribution is 6.19. The van der Waals surface area contributed by atoms with E-state index in [2.05, 4.69) is 0 Å². The third kappa shape index (κ3) is 5.08. The molecule has 0 saturated carbocycles. The van der Waals surface area contributed by atoms with Gasteiger partial charge in [0.05, 0.1) is 11.1 Å². The number of rotatable bonds is 5. The Bertz CT molecular complexity index is 837. The summed E-state index contributed by atoms with van der Waals surface area (Å²) in [5.74, 6) is -1.10. The first-order valence-corrected chi connectivity index (χ1v) is 9.02. The number of hydrogen-bond donors (Lipinski definition) is 0. The Morgan fingerprint density at radius 3 is 2.11 bits per heavy atom. The minimum absolute atomic E-state index is 0.169. The van der Waals surface area contributed by atoms with Gasteiger partial charge in [-0.25, -0.2) is 9.59 Å². The van der Waals surface area contributed by atoms with Crippen LogP contribution in [0.1, 0.15) is 39.6 Å². The Morgan fingerprint density at radius 1 is 1.04 bits per heavy atom. The summed E-state index contributed by atoms with van der Waals surface area (Å²) in [6, 6.07) is 13.8. The third-order valence-corrected chi connectivity index (χ3v) is 4.46. The highest BCUT2D eigenvalue weighted by Crippen LogP contribution is 2.27. The Hall–Kier alpha value is -2.37. The summed E-state index contributed by atoms with van der Waals surface area (Å²) in [6.45, 7) is 3.66. The van der Waals surface area contributed by atoms with E-state index >= 15 is 0 Å². The van der Waals surface area contributed by atoms with Crippen LogP contribution in [0.15, 0.2) is 48.5 Å². The minimum Gasteiger partial charge on any atom is -0.459 e. The average molecular weight is 390 g/mol. The zero-order chi connectivity index (χ0) is 20.3. The predicted octanol–water partition coefficient (Wildman–Crippen LogP) is 4.04. The lowest BCUT2D eigenvalue weighted by Gasteiger charge is -2.19. The van der Waals surface area contributed by atoms with E-state index in [0.717, 1.165) is 11.1 Å². The number of aryl methyl sites for hydroxylation is 2. The molecule has 4 atom stereocenters. The van der Waals surface area contributed by atoms with E-state index in [-0.39, 0.29) is 6.61 Å². The summed E-state index contributed by atoms with van der Waals surface area (Å²) in [4.78, 5) is 24.6. The number of benzene rings is 2. The second-order valence-corrected chi connectivity index (χ2v) is 6.85. The van der Waals surface area contributed by atoms with E-state index in [0.29, 0.717) is 11.1 Å². The molecule has 6 heteroatoms. The van der Waals surface area contributed by atoms with Crippen molar-refractivity contribution in [3.63, 3.8) is 0 Å². The number of alkyl halides is 1. The van der Waals surface area contributed by atoms with Gasteiger partial charge in [0.1, 0.15) is 24.4 Å². The molecule has 5 nitrogen and oxygen atoms in total. The maximum Gasteiger partial charge on any atom is 0.338 e. The summed E-state index contributed by atoms with van der Waals surface area (Å²) < 4.78 is 24.3. The lowest BCUT2D eigenvalue weighted by atomic mass is 10.1. The molecule has 27 heavy (non-hydrogen) atoms. The Labute approximate surface area is 164 Å². The van der Waals surface area contributed by atoms with Crippen molar-refractivity contribution in [2.75, 3.05) is 6.61 Å². The second-order valence-electron chi connectivity index (χ2n) is 6.42. The monoisotopic (exact) mass is 389 g/mol. The maximum atomic E-state index is 12.4. The normalized spacial score (nSPS) is 24.9. The van der Waals surface area contributed by atoms with E-state index in [4.69, 9.17) is 27.2 Å². The van der Waals surface area contributed by atoms with Crippen molar-refractivity contribution in [1.82, 2.24) is 0 Å². The van der Waals surface area contributed by atoms with Crippen LogP contribution < -0.4 is 0 Å². The standard InChI is InChI=1S/C21H21ClO5/c1-13-3-7-15(8-4-13)20(23)25-12-18-17(11-19(22)26-18)27-21(24)16-9-5-14(2)6-10-16/h3-10,17-19H,11-12H2,1-2H3/t17-,18+,19-/m0/s1/i11D/t11-,17-,18+,19-. The highest BCUT2D eigenvalue weighted by Gasteiger charge is 2.38. The molecular weight excluding hydrogens is 368 g/mol. The Morgan fingerprint density at radius 2 is 1.56 bits per heavy atom. The summed E-state index contributed by atoms with van der Waals surface area (Å²) in [6.07, 6.45) is -2.74. The van der Waals surface area contributed by atoms with Crippen molar-refractivity contribution in [1.29, 1.82) is 0 Å². The number of ether oxygens (including phenoxy) is 3. The van der Waals surface area contributed by atoms with Gasteiger partial charge in [0.2, 0.25) is 0 Å². The van der Waals surface area contributed by atoms with E-state index in [1.165, 1.54) is 0 Å². The molecule has 1 aliphatic rings. The van der Waals surface area contributed by atoms with Gasteiger partial charge >= 0.3 is 11.9 Å². The van der Waals surface area contributed by atoms with Crippen LogP contribution in [0, 0.1) is 13.8 Å². The van der Waals surface area contributed by atoms with Gasteiger partial charge in [0.15, 0.2) is 0 Å². The zero-order valence-electron chi connectivity index (χ0n) is 16.1. The van der Waals surface area contributed by atoms with Gasteiger partial charge in [-0.3, -0.25) is 0 Å². The van der Waals surface area contributed by atoms with Gasteiger partial charge in [-0.15, -0.1) is 0 Å². The molecule has 0 bridgehead atoms. The lowest BCUT2D eigenvalue weighted by molar-refractivity contribution is -0.0322. The average Bonchev–Trinajstić information content (AvgIpc) is 2.95. The van der Waals surface area contributed by atoms with Gasteiger partial charge in [-0.2, -0.15) is 0 Å². The van der Waals surface area contributed by atoms with Crippen molar-refractivity contribution < 1.29 is 25.2 Å². The molecule has 0 N–H and O–H groups in total. The van der Waals surface area contributed by atoms with Gasteiger partial charge in [0, 0.05) is 7.77 Å². The quantitative estimate of drug-likeness (QED) is 0.570. The van der Waals surface area contributed by atoms with Crippen molar-refractivity contribution in [3.05, 3.63) is 70.8 Å². The largest absolute Gasteiger partial charge is 0.459 e. The summed E-state index contributed by atoms with van der Waals surface area (Å²) >= 11 is 6.01. The minimum atomic E-state index is -0.987. The van der Waals surface area contributed by atoms with Crippen LogP contribution in [0.4, 0.5) is 0 Å². The van der Waals surface area contributed by atoms with E-state index < -0.39 is 36.1 Å². The van der Waals surface area contributed by atoms with Gasteiger partial charge in [-0.1, -0.05) is 47.0 Å². The molecule has 1 saturated heterocycles. The Kier molecular flexibility index (Phi) is 5.70. The van der Waals surface area contributed by atoms with Crippen LogP contribution in [0.2, 0.25) is 0 Å². The molecule has 0 aromatic heterocycles. The van der Waals surface area contributed by atoms with Crippen LogP contribution in [0.5, 0.6) is 0 Å². The zero-order valence-corrected chi connectivity index (χ0v) is 15.8. The van der Waals surface area contributed by atoms with Gasteiger partial charge in [0.25, 0.3) is 0 Å². The fourth-order valence-electron chi connectivity index (χ4n) is 2.62. The van der Waals surface area contributed by atoms with Crippen LogP contribution in [-0.4, -0.2) is 36.3 Å². The molecule has 2 aromatic rings. The van der Waals surface area contributed by atoms with Crippen molar-refractivity contribution in [2.24, 2.45) is 0 Å². The fourth-order valence-corrected chi connectivity index (χ4v) is 2.90. The molecule has 3 rings (SSSR count). The number of carbonyl (C=O) groups excluding carboxylic acids is 2. The SMILES string of the molecule is [2H][C@H]1[C@H](OC(=O)c2ccc(C)cc2)[C@@H](COC(=O)c2ccc(C)cc2)O[C@@H]1Cl. The number of esters is 2. The second kappa shape index (κ2) is 8.55. The van der Waals surface area contributed by atoms with Crippen LogP contribution in [-0.2, 0) is 14.2 Å². The topological polar surface area (TPSA) is 61.8 Å². The molecule has 142 valence electrons. The molecule has 1 fully saturated rings. The molecule has 0 aliphatic carbocycles. The number of halogens is 1. The van der Waals surface area contributed by atoms with Gasteiger partial charge < -0.3 is 14.2 Å². The number of carbonyl (C=O) groups is 2. The summed E-state index contributed by atoms with van der Waals surface area (Å²) in [5, 5.41) is 0. The van der Waals surface area contributed by atoms with Gasteiger partial charge in [-0.05, 0) is 38.1 Å². The first kappa shape index (κ1) is 18.0. The van der Waals surface area contributed by atoms with Crippen molar-refractivity contribution in [3.8, 4) is 0 Å². The summed E-state index contributed by atoms with van der Waals surface area (Å²) in [5.41, 5.74) is 1.85. The van der Waals surface area contributed by atoms with Crippen molar-refractivity contribution >= 4 is 23.5 Å². The maximum absolute atomic E-state index is 12.4. The highest BCUT2D eigenvalue weighted by atomic mass is 35.5. The molecule has 0 spiro atoms. The lowest BCUT2D eigenvalue weighted by Crippen LogP contribution is -2.32. The summed E-state index contributed by atoms with van der Waals surface area (Å²) in [7, 11) is 0. The molecule has 0 radical (unpaired) electrons. The molecule has 1 heterocycles. The van der Waals surface area contributed by atoms with E-state index in [1.807, 2.05) is 26.0 Å². The van der Waals surface area contributed by atoms with Crippen LogP contribution in [0.25, 0.3) is 0 Å². The first-order valence-electron chi connectivity index (χ1n) is 9.16. The first-order chi connectivity index (χ1) is 13.3. The molecule has 2 aromatic carbocycles. The number of hydrogen-bond acceptors (Lipinski definition) is 5. The van der Waals surface area contributed by atoms with Crippen molar-refractivity contribution in [2.45, 2.75) is 38.0 Å².